The number of hydrogen-bond acceptors (Lipinski definition) is 4. The lowest BCUT2D eigenvalue weighted by Crippen LogP contribution is -2.39. The quantitative estimate of drug-likeness (QED) is 0.227. The number of para-hydroxylation sites is 1. The number of benzene rings is 1. The van der Waals surface area contributed by atoms with Crippen LogP contribution in [0, 0.1) is 0 Å². The molecule has 1 aromatic heterocycles. The van der Waals surface area contributed by atoms with Crippen LogP contribution in [0.5, 0.6) is 5.75 Å². The maximum absolute atomic E-state index is 5.68. The van der Waals surface area contributed by atoms with E-state index in [9.17, 15) is 0 Å². The zero-order chi connectivity index (χ0) is 18.6. The topological polar surface area (TPSA) is 71.7 Å². The molecule has 1 heterocycles. The van der Waals surface area contributed by atoms with E-state index in [1.807, 2.05) is 43.3 Å². The van der Waals surface area contributed by atoms with Crippen molar-refractivity contribution in [1.82, 2.24) is 15.8 Å². The molecule has 0 radical (unpaired) electrons. The molecule has 0 aliphatic carbocycles. The number of ether oxygens (including phenoxy) is 1. The molecule has 0 saturated carbocycles. The third-order valence-electron chi connectivity index (χ3n) is 4.12. The molecule has 0 atom stereocenters. The fourth-order valence-corrected chi connectivity index (χ4v) is 2.66. The second-order valence-corrected chi connectivity index (χ2v) is 6.01. The average Bonchev–Trinajstić information content (AvgIpc) is 3.14. The first-order chi connectivity index (χ1) is 12.8. The maximum Gasteiger partial charge on any atom is 0.191 e. The number of rotatable bonds is 10. The predicted molar refractivity (Wildman–Crippen MR) is 120 cm³/mol. The summed E-state index contributed by atoms with van der Waals surface area (Å²) in [5.74, 6) is 2.85. The first-order valence-electron chi connectivity index (χ1n) is 9.42. The van der Waals surface area contributed by atoms with Gasteiger partial charge in [0.15, 0.2) is 11.7 Å². The molecule has 0 aliphatic rings. The molecule has 2 N–H and O–H groups in total. The van der Waals surface area contributed by atoms with Crippen molar-refractivity contribution >= 4 is 29.9 Å². The number of halogens is 1. The van der Waals surface area contributed by atoms with Crippen molar-refractivity contribution in [2.24, 2.45) is 4.99 Å². The highest BCUT2D eigenvalue weighted by atomic mass is 127. The van der Waals surface area contributed by atoms with Crippen LogP contribution < -0.4 is 15.4 Å². The van der Waals surface area contributed by atoms with Crippen LogP contribution in [-0.4, -0.2) is 30.8 Å². The Balaban J connectivity index is 0.00000364. The number of aliphatic imine (C=N–C) groups is 1. The van der Waals surface area contributed by atoms with Crippen LogP contribution >= 0.6 is 24.0 Å². The molecule has 0 amide bonds. The highest BCUT2D eigenvalue weighted by Gasteiger charge is 2.12. The smallest absolute Gasteiger partial charge is 0.191 e. The Morgan fingerprint density at radius 3 is 2.56 bits per heavy atom. The Hall–Kier alpha value is -1.77. The summed E-state index contributed by atoms with van der Waals surface area (Å²) < 4.78 is 11.1. The van der Waals surface area contributed by atoms with E-state index in [-0.39, 0.29) is 24.0 Å². The SMILES string of the molecule is CCNC(=NCc1cc(C(CC)CC)no1)NCCOc1ccccc1.I. The highest BCUT2D eigenvalue weighted by molar-refractivity contribution is 14.0. The van der Waals surface area contributed by atoms with Crippen LogP contribution in [0.3, 0.4) is 0 Å². The Morgan fingerprint density at radius 1 is 1.15 bits per heavy atom. The van der Waals surface area contributed by atoms with Crippen molar-refractivity contribution in [3.8, 4) is 5.75 Å². The molecule has 2 aromatic rings. The Labute approximate surface area is 179 Å². The largest absolute Gasteiger partial charge is 0.492 e. The maximum atomic E-state index is 5.68. The standard InChI is InChI=1S/C20H30N4O2.HI/c1-4-16(5-2)19-14-18(26-24-19)15-23-20(21-6-3)22-12-13-25-17-10-8-7-9-11-17;/h7-11,14,16H,4-6,12-13,15H2,1-3H3,(H2,21,22,23);1H. The summed E-state index contributed by atoms with van der Waals surface area (Å²) in [6.45, 7) is 8.86. The van der Waals surface area contributed by atoms with Crippen LogP contribution in [0.25, 0.3) is 0 Å². The van der Waals surface area contributed by atoms with Crippen LogP contribution in [0.15, 0.2) is 45.9 Å². The monoisotopic (exact) mass is 486 g/mol. The van der Waals surface area contributed by atoms with E-state index in [2.05, 4.69) is 34.6 Å². The van der Waals surface area contributed by atoms with E-state index in [0.29, 0.717) is 25.6 Å². The van der Waals surface area contributed by atoms with Gasteiger partial charge in [-0.25, -0.2) is 4.99 Å². The van der Waals surface area contributed by atoms with Gasteiger partial charge in [-0.15, -0.1) is 24.0 Å². The summed E-state index contributed by atoms with van der Waals surface area (Å²) in [6.07, 6.45) is 2.13. The minimum Gasteiger partial charge on any atom is -0.492 e. The molecule has 1 aromatic carbocycles. The van der Waals surface area contributed by atoms with Crippen LogP contribution in [0.2, 0.25) is 0 Å². The lowest BCUT2D eigenvalue weighted by atomic mass is 9.99. The number of nitrogens with zero attached hydrogens (tertiary/aromatic N) is 2. The second-order valence-electron chi connectivity index (χ2n) is 6.01. The fourth-order valence-electron chi connectivity index (χ4n) is 2.66. The van der Waals surface area contributed by atoms with Crippen molar-refractivity contribution in [3.05, 3.63) is 47.9 Å². The van der Waals surface area contributed by atoms with E-state index in [4.69, 9.17) is 9.26 Å². The van der Waals surface area contributed by atoms with Gasteiger partial charge in [0.05, 0.1) is 12.2 Å². The van der Waals surface area contributed by atoms with Gasteiger partial charge >= 0.3 is 0 Å². The normalized spacial score (nSPS) is 11.2. The van der Waals surface area contributed by atoms with Crippen molar-refractivity contribution in [2.75, 3.05) is 19.7 Å². The van der Waals surface area contributed by atoms with Gasteiger partial charge in [0.25, 0.3) is 0 Å². The van der Waals surface area contributed by atoms with E-state index in [1.165, 1.54) is 0 Å². The molecule has 2 rings (SSSR count). The van der Waals surface area contributed by atoms with Crippen LogP contribution in [0.4, 0.5) is 0 Å². The molecular weight excluding hydrogens is 455 g/mol. The molecular formula is C20H31IN4O2. The molecule has 0 bridgehead atoms. The van der Waals surface area contributed by atoms with Crippen molar-refractivity contribution in [1.29, 1.82) is 0 Å². The Bertz CT molecular complexity index is 657. The summed E-state index contributed by atoms with van der Waals surface area (Å²) in [4.78, 5) is 4.56. The number of hydrogen-bond donors (Lipinski definition) is 2. The van der Waals surface area contributed by atoms with Crippen LogP contribution in [-0.2, 0) is 6.54 Å². The molecule has 0 unspecified atom stereocenters. The molecule has 0 saturated heterocycles. The summed E-state index contributed by atoms with van der Waals surface area (Å²) in [5, 5.41) is 10.7. The third-order valence-corrected chi connectivity index (χ3v) is 4.12. The van der Waals surface area contributed by atoms with Crippen molar-refractivity contribution in [3.63, 3.8) is 0 Å². The number of nitrogens with one attached hydrogen (secondary N) is 2. The second kappa shape index (κ2) is 13.4. The van der Waals surface area contributed by atoms with Gasteiger partial charge in [-0.1, -0.05) is 37.2 Å². The molecule has 150 valence electrons. The Morgan fingerprint density at radius 2 is 1.89 bits per heavy atom. The van der Waals surface area contributed by atoms with E-state index in [1.54, 1.807) is 0 Å². The molecule has 0 aliphatic heterocycles. The zero-order valence-corrected chi connectivity index (χ0v) is 18.7. The highest BCUT2D eigenvalue weighted by Crippen LogP contribution is 2.22. The summed E-state index contributed by atoms with van der Waals surface area (Å²) in [7, 11) is 0. The molecule has 0 fully saturated rings. The van der Waals surface area contributed by atoms with Crippen molar-refractivity contribution in [2.45, 2.75) is 46.1 Å². The van der Waals surface area contributed by atoms with E-state index >= 15 is 0 Å². The first-order valence-corrected chi connectivity index (χ1v) is 9.42. The molecule has 6 nitrogen and oxygen atoms in total. The Kier molecular flexibility index (Phi) is 11.6. The van der Waals surface area contributed by atoms with Gasteiger partial charge in [-0.05, 0) is 31.9 Å². The third kappa shape index (κ3) is 8.19. The van der Waals surface area contributed by atoms with Gasteiger partial charge in [-0.2, -0.15) is 0 Å². The zero-order valence-electron chi connectivity index (χ0n) is 16.4. The lowest BCUT2D eigenvalue weighted by molar-refractivity contribution is 0.322. The summed E-state index contributed by atoms with van der Waals surface area (Å²) in [5.41, 5.74) is 1.02. The molecule has 0 spiro atoms. The van der Waals surface area contributed by atoms with Crippen LogP contribution in [0.1, 0.15) is 51.0 Å². The van der Waals surface area contributed by atoms with E-state index < -0.39 is 0 Å². The van der Waals surface area contributed by atoms with Gasteiger partial charge in [0, 0.05) is 18.5 Å². The van der Waals surface area contributed by atoms with E-state index in [0.717, 1.165) is 42.5 Å². The van der Waals surface area contributed by atoms with Gasteiger partial charge in [0.2, 0.25) is 0 Å². The fraction of sp³-hybridized carbons (Fsp3) is 0.500. The minimum atomic E-state index is 0. The minimum absolute atomic E-state index is 0. The summed E-state index contributed by atoms with van der Waals surface area (Å²) in [6, 6.07) is 11.8. The lowest BCUT2D eigenvalue weighted by Gasteiger charge is -2.11. The van der Waals surface area contributed by atoms with Gasteiger partial charge in [-0.3, -0.25) is 0 Å². The van der Waals surface area contributed by atoms with Gasteiger partial charge < -0.3 is 19.9 Å². The number of aromatic nitrogens is 1. The van der Waals surface area contributed by atoms with Crippen molar-refractivity contribution < 1.29 is 9.26 Å². The van der Waals surface area contributed by atoms with Gasteiger partial charge in [0.1, 0.15) is 18.9 Å². The molecule has 7 heteroatoms. The predicted octanol–water partition coefficient (Wildman–Crippen LogP) is 4.33. The average molecular weight is 486 g/mol. The molecule has 27 heavy (non-hydrogen) atoms. The first kappa shape index (κ1) is 23.3. The number of guanidine groups is 1. The summed E-state index contributed by atoms with van der Waals surface area (Å²) >= 11 is 0.